The van der Waals surface area contributed by atoms with Gasteiger partial charge < -0.3 is 4.90 Å². The molecule has 2 aliphatic heterocycles. The van der Waals surface area contributed by atoms with Gasteiger partial charge in [0.15, 0.2) is 11.6 Å². The summed E-state index contributed by atoms with van der Waals surface area (Å²) in [5.41, 5.74) is 0. The molecule has 4 rings (SSSR count). The third kappa shape index (κ3) is 3.75. The molecule has 3 unspecified atom stereocenters. The van der Waals surface area contributed by atoms with Crippen LogP contribution < -0.4 is 4.90 Å². The van der Waals surface area contributed by atoms with Crippen molar-refractivity contribution in [3.63, 3.8) is 0 Å². The van der Waals surface area contributed by atoms with Gasteiger partial charge >= 0.3 is 0 Å². The maximum Gasteiger partial charge on any atom is 0.165 e. The predicted molar refractivity (Wildman–Crippen MR) is 96.3 cm³/mol. The second kappa shape index (κ2) is 8.00. The molecule has 3 atom stereocenters. The van der Waals surface area contributed by atoms with Gasteiger partial charge in [-0.15, -0.1) is 24.8 Å². The lowest BCUT2D eigenvalue weighted by atomic mass is 9.72. The summed E-state index contributed by atoms with van der Waals surface area (Å²) in [6, 6.07) is 3.79. The summed E-state index contributed by atoms with van der Waals surface area (Å²) in [7, 11) is 0. The second-order valence-electron chi connectivity index (χ2n) is 6.94. The molecule has 1 aliphatic carbocycles. The third-order valence-electron chi connectivity index (χ3n) is 5.75. The van der Waals surface area contributed by atoms with E-state index in [1.54, 1.807) is 12.3 Å². The molecule has 130 valence electrons. The van der Waals surface area contributed by atoms with E-state index in [9.17, 15) is 4.39 Å². The van der Waals surface area contributed by atoms with E-state index in [0.29, 0.717) is 11.9 Å². The molecule has 3 aliphatic rings. The van der Waals surface area contributed by atoms with Crippen LogP contribution in [0.3, 0.4) is 0 Å². The Balaban J connectivity index is 0.000000960. The van der Waals surface area contributed by atoms with E-state index in [2.05, 4.69) is 14.8 Å². The van der Waals surface area contributed by atoms with Gasteiger partial charge in [-0.3, -0.25) is 4.90 Å². The van der Waals surface area contributed by atoms with E-state index in [1.807, 2.05) is 0 Å². The first kappa shape index (κ1) is 18.8. The average Bonchev–Trinajstić information content (AvgIpc) is 2.53. The minimum absolute atomic E-state index is 0. The number of piperazine rings is 1. The molecule has 3 heterocycles. The molecule has 1 aromatic rings. The summed E-state index contributed by atoms with van der Waals surface area (Å²) in [4.78, 5) is 9.06. The highest BCUT2D eigenvalue weighted by atomic mass is 35.5. The van der Waals surface area contributed by atoms with Gasteiger partial charge in [0.25, 0.3) is 0 Å². The third-order valence-corrected chi connectivity index (χ3v) is 5.75. The summed E-state index contributed by atoms with van der Waals surface area (Å²) >= 11 is 0. The van der Waals surface area contributed by atoms with Crippen LogP contribution in [0.25, 0.3) is 0 Å². The number of hydrogen-bond acceptors (Lipinski definition) is 3. The Kier molecular flexibility index (Phi) is 6.52. The normalized spacial score (nSPS) is 30.5. The fraction of sp³-hybridized carbons (Fsp3) is 0.706. The Bertz CT molecular complexity index is 516. The smallest absolute Gasteiger partial charge is 0.165 e. The molecular formula is C17H26Cl2FN3. The first-order valence-corrected chi connectivity index (χ1v) is 8.41. The van der Waals surface area contributed by atoms with Gasteiger partial charge in [0.05, 0.1) is 0 Å². The largest absolute Gasteiger partial charge is 0.351 e. The number of aromatic nitrogens is 1. The van der Waals surface area contributed by atoms with Crippen LogP contribution >= 0.6 is 24.8 Å². The van der Waals surface area contributed by atoms with E-state index in [-0.39, 0.29) is 30.6 Å². The number of pyridine rings is 1. The number of halogens is 3. The van der Waals surface area contributed by atoms with Gasteiger partial charge in [0.1, 0.15) is 0 Å². The first-order chi connectivity index (χ1) is 10.3. The van der Waals surface area contributed by atoms with Gasteiger partial charge in [0, 0.05) is 38.4 Å². The lowest BCUT2D eigenvalue weighted by Crippen LogP contribution is -2.59. The zero-order valence-electron chi connectivity index (χ0n) is 13.4. The molecule has 1 saturated carbocycles. The predicted octanol–water partition coefficient (Wildman–Crippen LogP) is 3.77. The van der Waals surface area contributed by atoms with Crippen LogP contribution in [-0.2, 0) is 0 Å². The van der Waals surface area contributed by atoms with Crippen LogP contribution in [-0.4, -0.2) is 42.1 Å². The van der Waals surface area contributed by atoms with Gasteiger partial charge in [-0.2, -0.15) is 0 Å². The van der Waals surface area contributed by atoms with Gasteiger partial charge in [0.2, 0.25) is 0 Å². The van der Waals surface area contributed by atoms with Crippen molar-refractivity contribution >= 4 is 30.6 Å². The van der Waals surface area contributed by atoms with Crippen molar-refractivity contribution < 1.29 is 4.39 Å². The fourth-order valence-corrected chi connectivity index (χ4v) is 4.65. The number of rotatable bonds is 1. The Morgan fingerprint density at radius 2 is 1.83 bits per heavy atom. The second-order valence-corrected chi connectivity index (χ2v) is 6.94. The molecule has 2 saturated heterocycles. The average molecular weight is 362 g/mol. The SMILES string of the molecule is Cl.Cl.Fc1cccnc1N1CCN2CC3CCCCC3CC2C1. The van der Waals surface area contributed by atoms with Gasteiger partial charge in [-0.1, -0.05) is 19.3 Å². The number of anilines is 1. The highest BCUT2D eigenvalue weighted by molar-refractivity contribution is 5.85. The standard InChI is InChI=1S/C17H24FN3.2ClH/c18-16-6-3-7-19-17(16)21-9-8-20-11-14-5-2-1-4-13(14)10-15(20)12-21;;/h3,6-7,13-15H,1-2,4-5,8-12H2;2*1H. The number of hydrogen-bond donors (Lipinski definition) is 0. The monoisotopic (exact) mass is 361 g/mol. The van der Waals surface area contributed by atoms with E-state index < -0.39 is 0 Å². The van der Waals surface area contributed by atoms with Crippen LogP contribution in [0.4, 0.5) is 10.2 Å². The summed E-state index contributed by atoms with van der Waals surface area (Å²) in [6.07, 6.45) is 8.66. The van der Waals surface area contributed by atoms with E-state index in [0.717, 1.165) is 31.5 Å². The van der Waals surface area contributed by atoms with Crippen molar-refractivity contribution in [3.05, 3.63) is 24.1 Å². The topological polar surface area (TPSA) is 19.4 Å². The summed E-state index contributed by atoms with van der Waals surface area (Å²) in [5.74, 6) is 2.20. The van der Waals surface area contributed by atoms with Crippen LogP contribution in [0.5, 0.6) is 0 Å². The Labute approximate surface area is 150 Å². The lowest BCUT2D eigenvalue weighted by molar-refractivity contribution is 0.0318. The summed E-state index contributed by atoms with van der Waals surface area (Å²) in [5, 5.41) is 0. The number of nitrogens with zero attached hydrogens (tertiary/aromatic N) is 3. The zero-order valence-corrected chi connectivity index (χ0v) is 15.0. The molecule has 0 N–H and O–H groups in total. The molecule has 6 heteroatoms. The molecule has 0 aromatic carbocycles. The van der Waals surface area contributed by atoms with Crippen LogP contribution in [0.2, 0.25) is 0 Å². The van der Waals surface area contributed by atoms with Crippen molar-refractivity contribution in [2.24, 2.45) is 11.8 Å². The number of piperidine rings is 1. The lowest BCUT2D eigenvalue weighted by Gasteiger charge is -2.50. The van der Waals surface area contributed by atoms with Gasteiger partial charge in [-0.05, 0) is 36.8 Å². The Hall–Kier alpha value is -0.580. The molecule has 23 heavy (non-hydrogen) atoms. The maximum absolute atomic E-state index is 13.9. The zero-order chi connectivity index (χ0) is 14.2. The van der Waals surface area contributed by atoms with Crippen molar-refractivity contribution in [2.45, 2.75) is 38.1 Å². The van der Waals surface area contributed by atoms with Crippen molar-refractivity contribution in [2.75, 3.05) is 31.1 Å². The van der Waals surface area contributed by atoms with E-state index >= 15 is 0 Å². The van der Waals surface area contributed by atoms with E-state index in [1.165, 1.54) is 44.7 Å². The summed E-state index contributed by atoms with van der Waals surface area (Å²) in [6.45, 7) is 4.18. The highest BCUT2D eigenvalue weighted by Crippen LogP contribution is 2.39. The highest BCUT2D eigenvalue weighted by Gasteiger charge is 2.39. The minimum Gasteiger partial charge on any atom is -0.351 e. The fourth-order valence-electron chi connectivity index (χ4n) is 4.65. The molecule has 0 amide bonds. The first-order valence-electron chi connectivity index (χ1n) is 8.41. The van der Waals surface area contributed by atoms with Crippen LogP contribution in [0.15, 0.2) is 18.3 Å². The van der Waals surface area contributed by atoms with E-state index in [4.69, 9.17) is 0 Å². The molecule has 1 aromatic heterocycles. The Morgan fingerprint density at radius 3 is 2.61 bits per heavy atom. The van der Waals surface area contributed by atoms with Gasteiger partial charge in [-0.25, -0.2) is 9.37 Å². The van der Waals surface area contributed by atoms with Crippen LogP contribution in [0.1, 0.15) is 32.1 Å². The molecule has 0 bridgehead atoms. The number of fused-ring (bicyclic) bond motifs is 2. The van der Waals surface area contributed by atoms with Crippen molar-refractivity contribution in [1.29, 1.82) is 0 Å². The molecular weight excluding hydrogens is 336 g/mol. The molecule has 3 fully saturated rings. The Morgan fingerprint density at radius 1 is 1.04 bits per heavy atom. The molecule has 3 nitrogen and oxygen atoms in total. The summed E-state index contributed by atoms with van der Waals surface area (Å²) < 4.78 is 13.9. The molecule has 0 spiro atoms. The quantitative estimate of drug-likeness (QED) is 0.758. The molecule has 0 radical (unpaired) electrons. The maximum atomic E-state index is 13.9. The minimum atomic E-state index is -0.183. The van der Waals surface area contributed by atoms with Crippen LogP contribution in [0, 0.1) is 17.7 Å². The van der Waals surface area contributed by atoms with Crippen molar-refractivity contribution in [3.8, 4) is 0 Å². The van der Waals surface area contributed by atoms with Crippen molar-refractivity contribution in [1.82, 2.24) is 9.88 Å².